The first-order chi connectivity index (χ1) is 7.16. The molecule has 2 rings (SSSR count). The highest BCUT2D eigenvalue weighted by molar-refractivity contribution is 4.93. The summed E-state index contributed by atoms with van der Waals surface area (Å²) >= 11 is 0. The van der Waals surface area contributed by atoms with E-state index in [1.54, 1.807) is 0 Å². The maximum Gasteiger partial charge on any atom is 0.240 e. The SMILES string of the molecule is CC(C)c1noc(CN(C)C2CNC2)n1. The van der Waals surface area contributed by atoms with E-state index in [2.05, 4.69) is 41.3 Å². The van der Waals surface area contributed by atoms with Crippen molar-refractivity contribution >= 4 is 0 Å². The number of nitrogens with zero attached hydrogens (tertiary/aromatic N) is 3. The number of likely N-dealkylation sites (N-methyl/N-ethyl adjacent to an activating group) is 1. The van der Waals surface area contributed by atoms with Gasteiger partial charge in [-0.05, 0) is 7.05 Å². The molecule has 1 fully saturated rings. The van der Waals surface area contributed by atoms with Gasteiger partial charge >= 0.3 is 0 Å². The van der Waals surface area contributed by atoms with Crippen molar-refractivity contribution in [2.24, 2.45) is 0 Å². The first-order valence-electron chi connectivity index (χ1n) is 5.40. The lowest BCUT2D eigenvalue weighted by molar-refractivity contribution is 0.155. The van der Waals surface area contributed by atoms with E-state index in [-0.39, 0.29) is 0 Å². The molecule has 0 amide bonds. The Labute approximate surface area is 89.8 Å². The van der Waals surface area contributed by atoms with Gasteiger partial charge in [0.25, 0.3) is 0 Å². The zero-order chi connectivity index (χ0) is 10.8. The Balaban J connectivity index is 1.91. The van der Waals surface area contributed by atoms with Gasteiger partial charge in [0, 0.05) is 25.0 Å². The van der Waals surface area contributed by atoms with E-state index >= 15 is 0 Å². The lowest BCUT2D eigenvalue weighted by Crippen LogP contribution is -2.55. The summed E-state index contributed by atoms with van der Waals surface area (Å²) in [6.07, 6.45) is 0. The number of rotatable bonds is 4. The zero-order valence-electron chi connectivity index (χ0n) is 9.53. The average Bonchev–Trinajstić information content (AvgIpc) is 2.48. The van der Waals surface area contributed by atoms with Gasteiger partial charge in [-0.3, -0.25) is 4.90 Å². The summed E-state index contributed by atoms with van der Waals surface area (Å²) in [4.78, 5) is 6.59. The minimum Gasteiger partial charge on any atom is -0.338 e. The second kappa shape index (κ2) is 4.28. The van der Waals surface area contributed by atoms with Crippen LogP contribution < -0.4 is 5.32 Å². The monoisotopic (exact) mass is 210 g/mol. The summed E-state index contributed by atoms with van der Waals surface area (Å²) in [7, 11) is 2.09. The smallest absolute Gasteiger partial charge is 0.240 e. The molecule has 15 heavy (non-hydrogen) atoms. The second-order valence-electron chi connectivity index (χ2n) is 4.43. The third-order valence-corrected chi connectivity index (χ3v) is 2.77. The fraction of sp³-hybridized carbons (Fsp3) is 0.800. The molecular formula is C10H18N4O. The molecule has 1 aromatic rings. The summed E-state index contributed by atoms with van der Waals surface area (Å²) in [5, 5.41) is 7.19. The van der Waals surface area contributed by atoms with Crippen LogP contribution in [0.3, 0.4) is 0 Å². The van der Waals surface area contributed by atoms with Crippen LogP contribution in [0.2, 0.25) is 0 Å². The molecule has 1 aliphatic heterocycles. The Morgan fingerprint density at radius 1 is 1.53 bits per heavy atom. The van der Waals surface area contributed by atoms with Gasteiger partial charge in [0.2, 0.25) is 5.89 Å². The summed E-state index contributed by atoms with van der Waals surface area (Å²) in [6.45, 7) is 6.98. The van der Waals surface area contributed by atoms with Gasteiger partial charge in [0.05, 0.1) is 6.54 Å². The van der Waals surface area contributed by atoms with E-state index in [1.165, 1.54) is 0 Å². The van der Waals surface area contributed by atoms with Crippen molar-refractivity contribution in [3.05, 3.63) is 11.7 Å². The van der Waals surface area contributed by atoms with Crippen LogP contribution in [0.25, 0.3) is 0 Å². The van der Waals surface area contributed by atoms with Crippen molar-refractivity contribution in [3.8, 4) is 0 Å². The van der Waals surface area contributed by atoms with E-state index in [0.29, 0.717) is 17.9 Å². The van der Waals surface area contributed by atoms with Gasteiger partial charge in [-0.1, -0.05) is 19.0 Å². The fourth-order valence-corrected chi connectivity index (χ4v) is 1.49. The molecule has 0 unspecified atom stereocenters. The predicted octanol–water partition coefficient (Wildman–Crippen LogP) is 0.597. The van der Waals surface area contributed by atoms with Crippen LogP contribution in [-0.4, -0.2) is 41.2 Å². The molecule has 0 bridgehead atoms. The Bertz CT molecular complexity index is 319. The topological polar surface area (TPSA) is 54.2 Å². The van der Waals surface area contributed by atoms with Crippen LogP contribution in [0.4, 0.5) is 0 Å². The van der Waals surface area contributed by atoms with Gasteiger partial charge in [-0.25, -0.2) is 0 Å². The maximum atomic E-state index is 5.19. The third kappa shape index (κ3) is 2.35. The van der Waals surface area contributed by atoms with E-state index in [1.807, 2.05) is 0 Å². The molecule has 0 atom stereocenters. The zero-order valence-corrected chi connectivity index (χ0v) is 9.53. The van der Waals surface area contributed by atoms with Gasteiger partial charge < -0.3 is 9.84 Å². The fourth-order valence-electron chi connectivity index (χ4n) is 1.49. The van der Waals surface area contributed by atoms with E-state index in [9.17, 15) is 0 Å². The maximum absolute atomic E-state index is 5.19. The molecule has 1 aromatic heterocycles. The highest BCUT2D eigenvalue weighted by Crippen LogP contribution is 2.12. The molecule has 5 nitrogen and oxygen atoms in total. The highest BCUT2D eigenvalue weighted by Gasteiger charge is 2.23. The molecule has 1 saturated heterocycles. The van der Waals surface area contributed by atoms with Gasteiger partial charge in [0.1, 0.15) is 0 Å². The summed E-state index contributed by atoms with van der Waals surface area (Å²) in [5.74, 6) is 1.84. The van der Waals surface area contributed by atoms with Gasteiger partial charge in [-0.2, -0.15) is 4.98 Å². The quantitative estimate of drug-likeness (QED) is 0.788. The molecule has 84 valence electrons. The van der Waals surface area contributed by atoms with Crippen LogP contribution in [0.1, 0.15) is 31.5 Å². The van der Waals surface area contributed by atoms with Gasteiger partial charge in [-0.15, -0.1) is 0 Å². The number of hydrogen-bond donors (Lipinski definition) is 1. The lowest BCUT2D eigenvalue weighted by atomic mass is 10.1. The normalized spacial score (nSPS) is 17.4. The van der Waals surface area contributed by atoms with Crippen molar-refractivity contribution < 1.29 is 4.52 Å². The van der Waals surface area contributed by atoms with Crippen molar-refractivity contribution in [3.63, 3.8) is 0 Å². The molecule has 5 heteroatoms. The van der Waals surface area contributed by atoms with Crippen molar-refractivity contribution in [1.29, 1.82) is 0 Å². The van der Waals surface area contributed by atoms with Gasteiger partial charge in [0.15, 0.2) is 5.82 Å². The number of nitrogens with one attached hydrogen (secondary N) is 1. The Kier molecular flexibility index (Phi) is 3.02. The summed E-state index contributed by atoms with van der Waals surface area (Å²) in [5.41, 5.74) is 0. The van der Waals surface area contributed by atoms with Crippen molar-refractivity contribution in [1.82, 2.24) is 20.4 Å². The molecule has 0 saturated carbocycles. The third-order valence-electron chi connectivity index (χ3n) is 2.77. The molecule has 0 aromatic carbocycles. The Morgan fingerprint density at radius 3 is 2.73 bits per heavy atom. The van der Waals surface area contributed by atoms with Crippen LogP contribution in [0.5, 0.6) is 0 Å². The minimum absolute atomic E-state index is 0.332. The highest BCUT2D eigenvalue weighted by atomic mass is 16.5. The second-order valence-corrected chi connectivity index (χ2v) is 4.43. The lowest BCUT2D eigenvalue weighted by Gasteiger charge is -2.34. The first-order valence-corrected chi connectivity index (χ1v) is 5.40. The van der Waals surface area contributed by atoms with Crippen LogP contribution in [-0.2, 0) is 6.54 Å². The molecule has 2 heterocycles. The average molecular weight is 210 g/mol. The molecule has 1 aliphatic rings. The van der Waals surface area contributed by atoms with Crippen LogP contribution in [0, 0.1) is 0 Å². The van der Waals surface area contributed by atoms with Crippen molar-refractivity contribution in [2.45, 2.75) is 32.4 Å². The molecule has 0 aliphatic carbocycles. The first kappa shape index (κ1) is 10.6. The summed E-state index contributed by atoms with van der Waals surface area (Å²) < 4.78 is 5.19. The van der Waals surface area contributed by atoms with E-state index < -0.39 is 0 Å². The largest absolute Gasteiger partial charge is 0.338 e. The molecule has 1 N–H and O–H groups in total. The predicted molar refractivity (Wildman–Crippen MR) is 56.5 cm³/mol. The number of hydrogen-bond acceptors (Lipinski definition) is 5. The van der Waals surface area contributed by atoms with E-state index in [4.69, 9.17) is 4.52 Å². The standard InChI is InChI=1S/C10H18N4O/c1-7(2)10-12-9(15-13-10)6-14(3)8-4-11-5-8/h7-8,11H,4-6H2,1-3H3. The Morgan fingerprint density at radius 2 is 2.27 bits per heavy atom. The van der Waals surface area contributed by atoms with Crippen LogP contribution >= 0.6 is 0 Å². The molecule has 0 spiro atoms. The van der Waals surface area contributed by atoms with E-state index in [0.717, 1.165) is 25.5 Å². The van der Waals surface area contributed by atoms with Crippen LogP contribution in [0.15, 0.2) is 4.52 Å². The minimum atomic E-state index is 0.332. The molecule has 0 radical (unpaired) electrons. The number of aromatic nitrogens is 2. The summed E-state index contributed by atoms with van der Waals surface area (Å²) in [6, 6.07) is 0.611. The Hall–Kier alpha value is -0.940. The van der Waals surface area contributed by atoms with Crippen molar-refractivity contribution in [2.75, 3.05) is 20.1 Å². The molecular weight excluding hydrogens is 192 g/mol.